The number of aryl methyl sites for hydroxylation is 1. The fraction of sp³-hybridized carbons (Fsp3) is 0.182. The van der Waals surface area contributed by atoms with Crippen LogP contribution in [-0.2, 0) is 21.5 Å². The van der Waals surface area contributed by atoms with Gasteiger partial charge in [-0.05, 0) is 48.2 Å². The molecule has 1 atom stereocenters. The first-order chi connectivity index (χ1) is 14.6. The summed E-state index contributed by atoms with van der Waals surface area (Å²) >= 11 is 1.53. The van der Waals surface area contributed by atoms with Crippen molar-refractivity contribution in [2.24, 2.45) is 0 Å². The van der Waals surface area contributed by atoms with Gasteiger partial charge in [0.15, 0.2) is 0 Å². The number of anilines is 1. The smallest absolute Gasteiger partial charge is 0.325 e. The SMILES string of the molecule is O=C(CN1C(=O)NC2(CCc3ccccc32)C1=O)Nc1ccc(-c2nccs2)cc1. The molecule has 1 saturated heterocycles. The van der Waals surface area contributed by atoms with E-state index < -0.39 is 17.5 Å². The second kappa shape index (κ2) is 7.07. The van der Waals surface area contributed by atoms with Crippen molar-refractivity contribution >= 4 is 34.9 Å². The van der Waals surface area contributed by atoms with Crippen molar-refractivity contribution in [2.45, 2.75) is 18.4 Å². The molecule has 1 unspecified atom stereocenters. The van der Waals surface area contributed by atoms with Crippen molar-refractivity contribution in [3.63, 3.8) is 0 Å². The molecule has 0 radical (unpaired) electrons. The van der Waals surface area contributed by atoms with Gasteiger partial charge in [0, 0.05) is 22.8 Å². The van der Waals surface area contributed by atoms with E-state index >= 15 is 0 Å². The number of nitrogens with zero attached hydrogens (tertiary/aromatic N) is 2. The lowest BCUT2D eigenvalue weighted by atomic mass is 9.92. The number of amides is 4. The van der Waals surface area contributed by atoms with Gasteiger partial charge in [0.2, 0.25) is 5.91 Å². The van der Waals surface area contributed by atoms with Crippen LogP contribution in [0.3, 0.4) is 0 Å². The van der Waals surface area contributed by atoms with Crippen LogP contribution in [0.1, 0.15) is 17.5 Å². The number of rotatable bonds is 4. The van der Waals surface area contributed by atoms with E-state index in [-0.39, 0.29) is 12.5 Å². The average molecular weight is 418 g/mol. The van der Waals surface area contributed by atoms with E-state index in [2.05, 4.69) is 15.6 Å². The van der Waals surface area contributed by atoms with Crippen molar-refractivity contribution in [2.75, 3.05) is 11.9 Å². The zero-order chi connectivity index (χ0) is 20.7. The largest absolute Gasteiger partial charge is 0.325 e. The van der Waals surface area contributed by atoms with Crippen LogP contribution in [0.5, 0.6) is 0 Å². The highest BCUT2D eigenvalue weighted by Crippen LogP contribution is 2.41. The van der Waals surface area contributed by atoms with E-state index in [1.54, 1.807) is 18.3 Å². The molecular weight excluding hydrogens is 400 g/mol. The van der Waals surface area contributed by atoms with Crippen LogP contribution in [-0.4, -0.2) is 34.3 Å². The summed E-state index contributed by atoms with van der Waals surface area (Å²) in [5.74, 6) is -0.796. The average Bonchev–Trinajstić information content (AvgIpc) is 3.46. The third-order valence-corrected chi connectivity index (χ3v) is 6.39. The van der Waals surface area contributed by atoms with Crippen LogP contribution in [0.4, 0.5) is 10.5 Å². The summed E-state index contributed by atoms with van der Waals surface area (Å²) in [6.07, 6.45) is 2.96. The molecule has 3 aromatic rings. The van der Waals surface area contributed by atoms with E-state index in [0.29, 0.717) is 18.5 Å². The molecule has 2 heterocycles. The van der Waals surface area contributed by atoms with Crippen molar-refractivity contribution in [3.8, 4) is 10.6 Å². The number of fused-ring (bicyclic) bond motifs is 2. The lowest BCUT2D eigenvalue weighted by Gasteiger charge is -2.22. The Labute approximate surface area is 176 Å². The molecule has 0 saturated carbocycles. The first-order valence-corrected chi connectivity index (χ1v) is 10.5. The maximum atomic E-state index is 13.1. The summed E-state index contributed by atoms with van der Waals surface area (Å²) in [6.45, 7) is -0.331. The Hall–Kier alpha value is -3.52. The zero-order valence-electron chi connectivity index (χ0n) is 15.9. The summed E-state index contributed by atoms with van der Waals surface area (Å²) in [6, 6.07) is 14.4. The number of hydrogen-bond donors (Lipinski definition) is 2. The number of hydrogen-bond acceptors (Lipinski definition) is 5. The van der Waals surface area contributed by atoms with E-state index in [1.807, 2.05) is 41.8 Å². The Morgan fingerprint density at radius 2 is 1.97 bits per heavy atom. The number of imide groups is 1. The van der Waals surface area contributed by atoms with Crippen LogP contribution in [0, 0.1) is 0 Å². The summed E-state index contributed by atoms with van der Waals surface area (Å²) in [4.78, 5) is 43.4. The lowest BCUT2D eigenvalue weighted by molar-refractivity contribution is -0.134. The molecule has 30 heavy (non-hydrogen) atoms. The first-order valence-electron chi connectivity index (χ1n) is 9.59. The van der Waals surface area contributed by atoms with E-state index in [0.717, 1.165) is 26.6 Å². The molecule has 5 rings (SSSR count). The molecule has 0 bridgehead atoms. The quantitative estimate of drug-likeness (QED) is 0.637. The van der Waals surface area contributed by atoms with Crippen molar-refractivity contribution < 1.29 is 14.4 Å². The van der Waals surface area contributed by atoms with Gasteiger partial charge < -0.3 is 10.6 Å². The summed E-state index contributed by atoms with van der Waals surface area (Å²) in [5, 5.41) is 8.38. The fourth-order valence-electron chi connectivity index (χ4n) is 4.14. The molecule has 2 aromatic carbocycles. The molecule has 2 aliphatic rings. The highest BCUT2D eigenvalue weighted by Gasteiger charge is 2.55. The van der Waals surface area contributed by atoms with Gasteiger partial charge in [0.25, 0.3) is 5.91 Å². The zero-order valence-corrected chi connectivity index (χ0v) is 16.7. The number of urea groups is 1. The Morgan fingerprint density at radius 1 is 1.17 bits per heavy atom. The summed E-state index contributed by atoms with van der Waals surface area (Å²) in [7, 11) is 0. The molecule has 2 N–H and O–H groups in total. The molecule has 1 aromatic heterocycles. The Morgan fingerprint density at radius 3 is 2.73 bits per heavy atom. The minimum atomic E-state index is -1.05. The van der Waals surface area contributed by atoms with Crippen molar-refractivity contribution in [1.82, 2.24) is 15.2 Å². The third kappa shape index (κ3) is 2.96. The van der Waals surface area contributed by atoms with Gasteiger partial charge in [-0.25, -0.2) is 9.78 Å². The molecule has 1 aliphatic heterocycles. The predicted octanol–water partition coefficient (Wildman–Crippen LogP) is 3.14. The third-order valence-electron chi connectivity index (χ3n) is 5.57. The number of benzene rings is 2. The standard InChI is InChI=1S/C22H18N4O3S/c27-18(24-16-7-5-15(6-8-16)19-23-11-12-30-19)13-26-20(28)22(25-21(26)29)10-9-14-3-1-2-4-17(14)22/h1-8,11-12H,9-10,13H2,(H,24,27)(H,25,29). The molecule has 150 valence electrons. The van der Waals surface area contributed by atoms with Crippen molar-refractivity contribution in [3.05, 3.63) is 71.2 Å². The van der Waals surface area contributed by atoms with Gasteiger partial charge in [-0.2, -0.15) is 0 Å². The molecule has 8 heteroatoms. The Balaban J connectivity index is 1.29. The minimum absolute atomic E-state index is 0.331. The minimum Gasteiger partial charge on any atom is -0.325 e. The highest BCUT2D eigenvalue weighted by molar-refractivity contribution is 7.13. The van der Waals surface area contributed by atoms with Crippen molar-refractivity contribution in [1.29, 1.82) is 0 Å². The number of carbonyl (C=O) groups is 3. The van der Waals surface area contributed by atoms with Gasteiger partial charge >= 0.3 is 6.03 Å². The van der Waals surface area contributed by atoms with Crippen LogP contribution >= 0.6 is 11.3 Å². The number of thiazole rings is 1. The van der Waals surface area contributed by atoms with Gasteiger partial charge in [-0.1, -0.05) is 24.3 Å². The van der Waals surface area contributed by atoms with Gasteiger partial charge in [0.05, 0.1) is 0 Å². The molecule has 7 nitrogen and oxygen atoms in total. The van der Waals surface area contributed by atoms with E-state index in [1.165, 1.54) is 11.3 Å². The second-order valence-electron chi connectivity index (χ2n) is 7.35. The fourth-order valence-corrected chi connectivity index (χ4v) is 4.78. The maximum absolute atomic E-state index is 13.1. The van der Waals surface area contributed by atoms with Gasteiger partial charge in [-0.15, -0.1) is 11.3 Å². The second-order valence-corrected chi connectivity index (χ2v) is 8.24. The molecular formula is C22H18N4O3S. The first kappa shape index (κ1) is 18.5. The van der Waals surface area contributed by atoms with Gasteiger partial charge in [0.1, 0.15) is 17.1 Å². The van der Waals surface area contributed by atoms with Crippen LogP contribution in [0.2, 0.25) is 0 Å². The summed E-state index contributed by atoms with van der Waals surface area (Å²) in [5.41, 5.74) is 2.37. The van der Waals surface area contributed by atoms with Gasteiger partial charge in [-0.3, -0.25) is 14.5 Å². The van der Waals surface area contributed by atoms with Crippen LogP contribution < -0.4 is 10.6 Å². The topological polar surface area (TPSA) is 91.4 Å². The maximum Gasteiger partial charge on any atom is 0.325 e. The molecule has 1 fully saturated rings. The van der Waals surface area contributed by atoms with E-state index in [4.69, 9.17) is 0 Å². The Kier molecular flexibility index (Phi) is 4.36. The van der Waals surface area contributed by atoms with Crippen LogP contribution in [0.15, 0.2) is 60.1 Å². The molecule has 1 spiro atoms. The lowest BCUT2D eigenvalue weighted by Crippen LogP contribution is -2.42. The van der Waals surface area contributed by atoms with E-state index in [9.17, 15) is 14.4 Å². The number of carbonyl (C=O) groups excluding carboxylic acids is 3. The number of aromatic nitrogens is 1. The van der Waals surface area contributed by atoms with Crippen LogP contribution in [0.25, 0.3) is 10.6 Å². The molecule has 1 aliphatic carbocycles. The monoisotopic (exact) mass is 418 g/mol. The normalized spacial score (nSPS) is 19.8. The highest BCUT2D eigenvalue weighted by atomic mass is 32.1. The Bertz CT molecular complexity index is 1140. The summed E-state index contributed by atoms with van der Waals surface area (Å²) < 4.78 is 0. The molecule has 4 amide bonds. The number of nitrogens with one attached hydrogen (secondary N) is 2. The predicted molar refractivity (Wildman–Crippen MR) is 113 cm³/mol.